The maximum Gasteiger partial charge on any atom is 0.366 e. The number of hydrogen-bond donors (Lipinski definition) is 3. The number of phenolic OH excluding ortho intramolecular Hbond substituents is 1. The van der Waals surface area contributed by atoms with Crippen molar-refractivity contribution < 1.29 is 81.3 Å². The van der Waals surface area contributed by atoms with Crippen molar-refractivity contribution in [1.29, 1.82) is 0 Å². The van der Waals surface area contributed by atoms with E-state index in [4.69, 9.17) is 49.1 Å². The zero-order chi connectivity index (χ0) is 44.2. The van der Waals surface area contributed by atoms with Crippen molar-refractivity contribution in [2.24, 2.45) is 0 Å². The summed E-state index contributed by atoms with van der Waals surface area (Å²) in [7, 11) is 1.03. The van der Waals surface area contributed by atoms with E-state index in [1.165, 1.54) is 0 Å². The number of methoxy groups -OCH3 is 1. The van der Waals surface area contributed by atoms with Crippen molar-refractivity contribution in [3.05, 3.63) is 54.1 Å². The summed E-state index contributed by atoms with van der Waals surface area (Å²) in [4.78, 5) is 89.5. The fourth-order valence-electron chi connectivity index (χ4n) is 6.14. The molecule has 0 aromatic heterocycles. The normalized spacial score (nSPS) is 19.3. The van der Waals surface area contributed by atoms with Crippen LogP contribution in [0.15, 0.2) is 48.5 Å². The Morgan fingerprint density at radius 2 is 1.53 bits per heavy atom. The second kappa shape index (κ2) is 24.1. The van der Waals surface area contributed by atoms with Crippen molar-refractivity contribution >= 4 is 41.7 Å². The summed E-state index contributed by atoms with van der Waals surface area (Å²) in [6.45, 7) is 2.73. The van der Waals surface area contributed by atoms with Gasteiger partial charge in [0.25, 0.3) is 11.7 Å². The lowest BCUT2D eigenvalue weighted by Gasteiger charge is -2.48. The highest BCUT2D eigenvalue weighted by molar-refractivity contribution is 5.81. The molecule has 326 valence electrons. The Morgan fingerprint density at radius 1 is 0.867 bits per heavy atom. The minimum atomic E-state index is -2.44. The molecule has 6 atom stereocenters. The summed E-state index contributed by atoms with van der Waals surface area (Å²) < 4.78 is 49.6. The number of ether oxygens (including phenoxy) is 9. The number of benzene rings is 2. The number of carbonyl (C=O) groups excluding carboxylic acids is 7. The number of esters is 5. The van der Waals surface area contributed by atoms with E-state index in [0.29, 0.717) is 16.7 Å². The summed E-state index contributed by atoms with van der Waals surface area (Å²) in [6, 6.07) is 12.0. The Morgan fingerprint density at radius 3 is 2.15 bits per heavy atom. The average Bonchev–Trinajstić information content (AvgIpc) is 3.19. The minimum Gasteiger partial charge on any atom is -0.507 e. The van der Waals surface area contributed by atoms with Crippen LogP contribution in [0.3, 0.4) is 0 Å². The lowest BCUT2D eigenvalue weighted by Crippen LogP contribution is -2.70. The van der Waals surface area contributed by atoms with E-state index in [-0.39, 0.29) is 45.2 Å². The maximum atomic E-state index is 13.6. The topological polar surface area (TPSA) is 247 Å². The molecule has 1 aliphatic rings. The number of para-hydroxylation sites is 1. The van der Waals surface area contributed by atoms with Crippen LogP contribution in [0, 0.1) is 12.3 Å². The molecule has 0 bridgehead atoms. The van der Waals surface area contributed by atoms with Crippen molar-refractivity contribution in [2.45, 2.75) is 76.8 Å². The maximum absolute atomic E-state index is 13.6. The molecule has 0 spiro atoms. The van der Waals surface area contributed by atoms with Crippen LogP contribution >= 0.6 is 0 Å². The summed E-state index contributed by atoms with van der Waals surface area (Å²) in [5, 5.41) is 15.4. The lowest BCUT2D eigenvalue weighted by atomic mass is 9.87. The van der Waals surface area contributed by atoms with Crippen LogP contribution in [-0.4, -0.2) is 136 Å². The summed E-state index contributed by atoms with van der Waals surface area (Å²) >= 11 is 0. The number of aromatic hydroxyl groups is 1. The van der Waals surface area contributed by atoms with E-state index >= 15 is 0 Å². The monoisotopic (exact) mass is 842 g/mol. The molecule has 0 aliphatic carbocycles. The Labute approximate surface area is 346 Å². The van der Waals surface area contributed by atoms with Gasteiger partial charge in [-0.3, -0.25) is 28.8 Å². The molecule has 0 unspecified atom stereocenters. The molecule has 0 saturated carbocycles. The van der Waals surface area contributed by atoms with Gasteiger partial charge >= 0.3 is 29.8 Å². The van der Waals surface area contributed by atoms with Crippen LogP contribution in [0.1, 0.15) is 39.7 Å². The van der Waals surface area contributed by atoms with Gasteiger partial charge in [-0.05, 0) is 17.2 Å². The fraction of sp³-hybridized carbons (Fsp3) is 0.488. The second-order valence-electron chi connectivity index (χ2n) is 13.2. The standard InChI is InChI=1S/C41H50N2O17/c1-7-16-53-17-18-54-19-20-56-41(40(51)52-6)22-33(57-26(3)45)37(43-36(50)24-55-25(2)44)39(60-41)38(59-28(5)47)34(58-27(4)46)23-42-35(49)21-29-12-14-30(15-13-29)31-10-8-9-11-32(31)48/h1,8-15,33-34,37-39,48H,16-24H2,2-6H3,(H,42,49)(H,43,50)/t33-,34+,37+,38+,39+,41+/m0/s1. The molecule has 19 nitrogen and oxygen atoms in total. The van der Waals surface area contributed by atoms with Crippen LogP contribution in [0.4, 0.5) is 0 Å². The first-order chi connectivity index (χ1) is 28.6. The van der Waals surface area contributed by atoms with Crippen molar-refractivity contribution in [1.82, 2.24) is 10.6 Å². The third-order valence-corrected chi connectivity index (χ3v) is 8.56. The molecule has 19 heteroatoms. The van der Waals surface area contributed by atoms with Crippen molar-refractivity contribution in [3.8, 4) is 29.2 Å². The number of rotatable bonds is 22. The van der Waals surface area contributed by atoms with Crippen LogP contribution in [0.25, 0.3) is 11.1 Å². The van der Waals surface area contributed by atoms with Crippen molar-refractivity contribution in [3.63, 3.8) is 0 Å². The molecule has 3 N–H and O–H groups in total. The largest absolute Gasteiger partial charge is 0.507 e. The Kier molecular flexibility index (Phi) is 19.4. The molecule has 1 fully saturated rings. The van der Waals surface area contributed by atoms with Crippen molar-refractivity contribution in [2.75, 3.05) is 53.3 Å². The van der Waals surface area contributed by atoms with E-state index < -0.39 is 97.5 Å². The summed E-state index contributed by atoms with van der Waals surface area (Å²) in [5.41, 5.74) is 1.87. The first kappa shape index (κ1) is 48.3. The zero-order valence-corrected chi connectivity index (χ0v) is 33.9. The molecule has 1 heterocycles. The highest BCUT2D eigenvalue weighted by Crippen LogP contribution is 2.37. The second-order valence-corrected chi connectivity index (χ2v) is 13.2. The predicted molar refractivity (Wildman–Crippen MR) is 206 cm³/mol. The molecule has 0 radical (unpaired) electrons. The number of terminal acetylenes is 1. The number of hydrogen-bond acceptors (Lipinski definition) is 17. The molecule has 60 heavy (non-hydrogen) atoms. The lowest BCUT2D eigenvalue weighted by molar-refractivity contribution is -0.315. The molecule has 1 aliphatic heterocycles. The van der Waals surface area contributed by atoms with E-state index in [0.717, 1.165) is 34.8 Å². The smallest absolute Gasteiger partial charge is 0.366 e. The summed E-state index contributed by atoms with van der Waals surface area (Å²) in [5.74, 6) is -6.20. The highest BCUT2D eigenvalue weighted by atomic mass is 16.7. The van der Waals surface area contributed by atoms with Gasteiger partial charge in [0.2, 0.25) is 5.91 Å². The zero-order valence-electron chi connectivity index (χ0n) is 33.9. The molecule has 2 amide bonds. The molecule has 1 saturated heterocycles. The number of phenols is 1. The number of amides is 2. The molecular weight excluding hydrogens is 792 g/mol. The first-order valence-electron chi connectivity index (χ1n) is 18.7. The van der Waals surface area contributed by atoms with Crippen LogP contribution in [-0.2, 0) is 82.6 Å². The van der Waals surface area contributed by atoms with Gasteiger partial charge in [0.1, 0.15) is 24.6 Å². The fourth-order valence-corrected chi connectivity index (χ4v) is 6.14. The Bertz CT molecular complexity index is 1840. The number of nitrogens with one attached hydrogen (secondary N) is 2. The van der Waals surface area contributed by atoms with E-state index in [2.05, 4.69) is 16.6 Å². The van der Waals surface area contributed by atoms with Gasteiger partial charge in [-0.1, -0.05) is 48.4 Å². The SMILES string of the molecule is C#CCOCCOCCO[C@]1(C(=O)OC)C[C@H](OC(C)=O)[C@@H](NC(=O)COC(C)=O)[C@H]([C@H](OC(C)=O)[C@@H](CNC(=O)Cc2ccc(-c3ccccc3O)cc2)OC(C)=O)O1. The molecule has 2 aromatic carbocycles. The predicted octanol–water partition coefficient (Wildman–Crippen LogP) is 0.902. The van der Waals surface area contributed by atoms with E-state index in [1.807, 2.05) is 0 Å². The minimum absolute atomic E-state index is 0.0634. The summed E-state index contributed by atoms with van der Waals surface area (Å²) in [6.07, 6.45) is -2.25. The van der Waals surface area contributed by atoms with E-state index in [9.17, 15) is 38.7 Å². The van der Waals surface area contributed by atoms with Gasteiger partial charge in [0.15, 0.2) is 18.8 Å². The third-order valence-electron chi connectivity index (χ3n) is 8.56. The average molecular weight is 843 g/mol. The quantitative estimate of drug-likeness (QED) is 0.0645. The van der Waals surface area contributed by atoms with Crippen LogP contribution in [0.2, 0.25) is 0 Å². The third kappa shape index (κ3) is 15.3. The molecular formula is C41H50N2O17. The highest BCUT2D eigenvalue weighted by Gasteiger charge is 2.59. The van der Waals surface area contributed by atoms with Gasteiger partial charge in [0, 0.05) is 33.3 Å². The van der Waals surface area contributed by atoms with Gasteiger partial charge in [-0.15, -0.1) is 6.42 Å². The number of carbonyl (C=O) groups is 7. The van der Waals surface area contributed by atoms with Crippen LogP contribution < -0.4 is 10.6 Å². The van der Waals surface area contributed by atoms with Gasteiger partial charge in [-0.2, -0.15) is 0 Å². The van der Waals surface area contributed by atoms with Gasteiger partial charge < -0.3 is 58.4 Å². The molecule has 3 rings (SSSR count). The Hall–Kier alpha value is -6.07. The van der Waals surface area contributed by atoms with Gasteiger partial charge in [-0.25, -0.2) is 4.79 Å². The van der Waals surface area contributed by atoms with Crippen LogP contribution in [0.5, 0.6) is 5.75 Å². The molecule has 2 aromatic rings. The van der Waals surface area contributed by atoms with Gasteiger partial charge in [0.05, 0.1) is 59.0 Å². The van der Waals surface area contributed by atoms with E-state index in [1.54, 1.807) is 48.5 Å². The Balaban J connectivity index is 2.00. The first-order valence-corrected chi connectivity index (χ1v) is 18.7.